The molecule has 190 valence electrons. The van der Waals surface area contributed by atoms with Crippen molar-refractivity contribution in [3.8, 4) is 0 Å². The van der Waals surface area contributed by atoms with Gasteiger partial charge in [-0.05, 0) is 34.9 Å². The standard InChI is InChI=1S/C31H38O3SSi/c1-36(2,3)24-22-34-30(33)25-29(32)21-13-14-23-35-31(26-15-7-4-8-16-26,27-17-9-5-10-18-27)28-19-11-6-12-20-28/h4-13,15-21,29,32H,14,22-25H2,1-3H3/t29-/m0/s1. The largest absolute Gasteiger partial charge is 0.466 e. The molecule has 0 fully saturated rings. The van der Waals surface area contributed by atoms with Gasteiger partial charge in [-0.15, -0.1) is 11.8 Å². The molecule has 3 aromatic rings. The summed E-state index contributed by atoms with van der Waals surface area (Å²) in [7, 11) is -1.24. The first kappa shape index (κ1) is 28.0. The first-order valence-electron chi connectivity index (χ1n) is 12.6. The SMILES string of the molecule is C[Si](C)(C)CCOC(=O)C[C@@H](O)C=CCCSC(c1ccccc1)(c1ccccc1)c1ccccc1. The molecule has 0 aliphatic heterocycles. The molecule has 3 aromatic carbocycles. The van der Waals surface area contributed by atoms with E-state index in [1.165, 1.54) is 16.7 Å². The number of hydrogen-bond acceptors (Lipinski definition) is 4. The molecule has 3 rings (SSSR count). The van der Waals surface area contributed by atoms with Crippen LogP contribution >= 0.6 is 11.8 Å². The lowest BCUT2D eigenvalue weighted by molar-refractivity contribution is -0.144. The Labute approximate surface area is 221 Å². The molecule has 0 aromatic heterocycles. The number of esters is 1. The van der Waals surface area contributed by atoms with Gasteiger partial charge in [0.05, 0.1) is 23.9 Å². The number of thioether (sulfide) groups is 1. The van der Waals surface area contributed by atoms with Crippen molar-refractivity contribution in [1.29, 1.82) is 0 Å². The fraction of sp³-hybridized carbons (Fsp3) is 0.323. The number of hydrogen-bond donors (Lipinski definition) is 1. The molecule has 0 radical (unpaired) electrons. The second-order valence-corrected chi connectivity index (χ2v) is 17.1. The summed E-state index contributed by atoms with van der Waals surface area (Å²) in [6.07, 6.45) is 3.64. The number of aliphatic hydroxyl groups excluding tert-OH is 1. The number of carbonyl (C=O) groups is 1. The molecule has 0 saturated carbocycles. The monoisotopic (exact) mass is 518 g/mol. The van der Waals surface area contributed by atoms with Crippen molar-refractivity contribution in [3.05, 3.63) is 120 Å². The summed E-state index contributed by atoms with van der Waals surface area (Å²) in [6.45, 7) is 7.19. The van der Waals surface area contributed by atoms with Crippen molar-refractivity contribution in [1.82, 2.24) is 0 Å². The van der Waals surface area contributed by atoms with Gasteiger partial charge >= 0.3 is 5.97 Å². The minimum Gasteiger partial charge on any atom is -0.466 e. The van der Waals surface area contributed by atoms with E-state index in [0.29, 0.717) is 6.61 Å². The molecular formula is C31H38O3SSi. The van der Waals surface area contributed by atoms with E-state index >= 15 is 0 Å². The molecule has 0 unspecified atom stereocenters. The summed E-state index contributed by atoms with van der Waals surface area (Å²) < 4.78 is 4.95. The van der Waals surface area contributed by atoms with Crippen molar-refractivity contribution in [2.24, 2.45) is 0 Å². The summed E-state index contributed by atoms with van der Waals surface area (Å²) in [5.74, 6) is 0.513. The summed E-state index contributed by atoms with van der Waals surface area (Å²) in [6, 6.07) is 32.8. The highest BCUT2D eigenvalue weighted by Gasteiger charge is 2.36. The average Bonchev–Trinajstić information content (AvgIpc) is 2.87. The molecule has 0 saturated heterocycles. The maximum absolute atomic E-state index is 12.0. The maximum atomic E-state index is 12.0. The van der Waals surface area contributed by atoms with E-state index in [1.807, 2.05) is 17.8 Å². The van der Waals surface area contributed by atoms with Gasteiger partial charge in [-0.3, -0.25) is 4.79 Å². The van der Waals surface area contributed by atoms with Crippen molar-refractivity contribution in [2.45, 2.75) is 49.4 Å². The predicted molar refractivity (Wildman–Crippen MR) is 155 cm³/mol. The predicted octanol–water partition coefficient (Wildman–Crippen LogP) is 7.29. The van der Waals surface area contributed by atoms with Crippen LogP contribution in [0.4, 0.5) is 0 Å². The molecule has 0 bridgehead atoms. The maximum Gasteiger partial charge on any atom is 0.308 e. The lowest BCUT2D eigenvalue weighted by atomic mass is 9.84. The Morgan fingerprint density at radius 2 is 1.36 bits per heavy atom. The fourth-order valence-electron chi connectivity index (χ4n) is 4.07. The Morgan fingerprint density at radius 1 is 0.889 bits per heavy atom. The molecule has 3 nitrogen and oxygen atoms in total. The molecule has 36 heavy (non-hydrogen) atoms. The van der Waals surface area contributed by atoms with Gasteiger partial charge in [-0.1, -0.05) is 123 Å². The third-order valence-corrected chi connectivity index (χ3v) is 9.28. The molecule has 1 atom stereocenters. The quantitative estimate of drug-likeness (QED) is 0.0848. The lowest BCUT2D eigenvalue weighted by Gasteiger charge is -2.35. The van der Waals surface area contributed by atoms with Crippen LogP contribution in [-0.4, -0.2) is 37.6 Å². The molecule has 0 heterocycles. The van der Waals surface area contributed by atoms with Crippen molar-refractivity contribution in [3.63, 3.8) is 0 Å². The van der Waals surface area contributed by atoms with Crippen LogP contribution in [-0.2, 0) is 14.3 Å². The number of aliphatic hydroxyl groups is 1. The van der Waals surface area contributed by atoms with Gasteiger partial charge in [0.15, 0.2) is 0 Å². The van der Waals surface area contributed by atoms with Gasteiger partial charge in [0.1, 0.15) is 0 Å². The molecule has 0 aliphatic carbocycles. The highest BCUT2D eigenvalue weighted by Crippen LogP contribution is 2.48. The molecule has 0 aliphatic rings. The highest BCUT2D eigenvalue weighted by atomic mass is 32.2. The molecule has 1 N–H and O–H groups in total. The number of ether oxygens (including phenoxy) is 1. The van der Waals surface area contributed by atoms with E-state index in [4.69, 9.17) is 4.74 Å². The van der Waals surface area contributed by atoms with Gasteiger partial charge in [0.25, 0.3) is 0 Å². The smallest absolute Gasteiger partial charge is 0.308 e. The second-order valence-electron chi connectivity index (χ2n) is 10.1. The zero-order valence-corrected chi connectivity index (χ0v) is 23.4. The Bertz CT molecular complexity index is 982. The van der Waals surface area contributed by atoms with Crippen LogP contribution in [0.15, 0.2) is 103 Å². The normalized spacial score (nSPS) is 13.0. The van der Waals surface area contributed by atoms with E-state index < -0.39 is 14.2 Å². The number of rotatable bonds is 13. The minimum atomic E-state index is -1.24. The lowest BCUT2D eigenvalue weighted by Crippen LogP contribution is -2.26. The molecule has 5 heteroatoms. The first-order valence-corrected chi connectivity index (χ1v) is 17.3. The van der Waals surface area contributed by atoms with Gasteiger partial charge in [-0.25, -0.2) is 0 Å². The van der Waals surface area contributed by atoms with E-state index in [1.54, 1.807) is 6.08 Å². The first-order chi connectivity index (χ1) is 17.3. The molecule has 0 amide bonds. The zero-order valence-electron chi connectivity index (χ0n) is 21.6. The summed E-state index contributed by atoms with van der Waals surface area (Å²) in [5.41, 5.74) is 3.70. The molecule has 0 spiro atoms. The zero-order chi connectivity index (χ0) is 25.9. The fourth-order valence-corrected chi connectivity index (χ4v) is 6.25. The summed E-state index contributed by atoms with van der Waals surface area (Å²) in [5, 5.41) is 10.3. The minimum absolute atomic E-state index is 0.00265. The summed E-state index contributed by atoms with van der Waals surface area (Å²) in [4.78, 5) is 12.0. The second kappa shape index (κ2) is 13.6. The van der Waals surface area contributed by atoms with E-state index in [-0.39, 0.29) is 17.1 Å². The van der Waals surface area contributed by atoms with Crippen LogP contribution in [0.25, 0.3) is 0 Å². The van der Waals surface area contributed by atoms with Gasteiger partial charge in [-0.2, -0.15) is 0 Å². The van der Waals surface area contributed by atoms with Crippen LogP contribution < -0.4 is 0 Å². The van der Waals surface area contributed by atoms with Gasteiger partial charge < -0.3 is 9.84 Å². The Hall–Kier alpha value is -2.60. The third kappa shape index (κ3) is 8.22. The Morgan fingerprint density at radius 3 is 1.81 bits per heavy atom. The van der Waals surface area contributed by atoms with Crippen molar-refractivity contribution >= 4 is 25.8 Å². The Balaban J connectivity index is 1.68. The van der Waals surface area contributed by atoms with E-state index in [2.05, 4.69) is 111 Å². The van der Waals surface area contributed by atoms with Crippen molar-refractivity contribution in [2.75, 3.05) is 12.4 Å². The third-order valence-electron chi connectivity index (χ3n) is 5.99. The van der Waals surface area contributed by atoms with E-state index in [9.17, 15) is 9.90 Å². The average molecular weight is 519 g/mol. The topological polar surface area (TPSA) is 46.5 Å². The van der Waals surface area contributed by atoms with Crippen molar-refractivity contribution < 1.29 is 14.6 Å². The summed E-state index contributed by atoms with van der Waals surface area (Å²) >= 11 is 1.89. The number of allylic oxidation sites excluding steroid dienone is 1. The van der Waals surface area contributed by atoms with Crippen LogP contribution in [0, 0.1) is 0 Å². The number of carbonyl (C=O) groups excluding carboxylic acids is 1. The van der Waals surface area contributed by atoms with Gasteiger partial charge in [0.2, 0.25) is 0 Å². The number of benzene rings is 3. The van der Waals surface area contributed by atoms with E-state index in [0.717, 1.165) is 18.2 Å². The van der Waals surface area contributed by atoms with Crippen LogP contribution in [0.2, 0.25) is 25.7 Å². The van der Waals surface area contributed by atoms with Crippen LogP contribution in [0.5, 0.6) is 0 Å². The Kier molecular flexibility index (Phi) is 10.6. The van der Waals surface area contributed by atoms with Gasteiger partial charge in [0, 0.05) is 8.07 Å². The highest BCUT2D eigenvalue weighted by molar-refractivity contribution is 8.00. The molecular weight excluding hydrogens is 480 g/mol. The van der Waals surface area contributed by atoms with Crippen LogP contribution in [0.1, 0.15) is 29.5 Å². The van der Waals surface area contributed by atoms with Crippen LogP contribution in [0.3, 0.4) is 0 Å².